The first-order chi connectivity index (χ1) is 14.5. The maximum Gasteiger partial charge on any atom is 0.253 e. The molecule has 0 bridgehead atoms. The number of fused-ring (bicyclic) bond motifs is 2. The van der Waals surface area contributed by atoms with Crippen LogP contribution in [-0.4, -0.2) is 41.2 Å². The number of hydrogen-bond acceptors (Lipinski definition) is 5. The van der Waals surface area contributed by atoms with Gasteiger partial charge >= 0.3 is 0 Å². The van der Waals surface area contributed by atoms with Crippen LogP contribution in [-0.2, 0) is 6.54 Å². The molecule has 154 valence electrons. The maximum atomic E-state index is 12.6. The van der Waals surface area contributed by atoms with E-state index < -0.39 is 0 Å². The predicted molar refractivity (Wildman–Crippen MR) is 117 cm³/mol. The molecule has 0 aliphatic carbocycles. The number of nitrogens with zero attached hydrogens (tertiary/aromatic N) is 1. The number of aromatic amines is 2. The molecule has 1 amide bonds. The van der Waals surface area contributed by atoms with E-state index in [0.29, 0.717) is 45.8 Å². The molecule has 2 aromatic heterocycles. The highest BCUT2D eigenvalue weighted by Crippen LogP contribution is 2.29. The third kappa shape index (κ3) is 3.43. The van der Waals surface area contributed by atoms with E-state index in [9.17, 15) is 4.79 Å². The van der Waals surface area contributed by atoms with E-state index in [1.54, 1.807) is 37.1 Å². The molecule has 4 aromatic rings. The van der Waals surface area contributed by atoms with Gasteiger partial charge in [0.1, 0.15) is 5.49 Å². The summed E-state index contributed by atoms with van der Waals surface area (Å²) in [4.78, 5) is 18.8. The standard InChI is InChI=1S/C21H21N5O3S/c1-28-17-9-13-16(10-18(17)29-2)25-21(30)26(19(13)22)8-7-23-20(27)14-11-24-15-6-4-3-5-12(14)15/h3-6,9-11,22,24H,7-8H2,1-2H3,(H,23,27)(H,25,30). The Morgan fingerprint density at radius 3 is 2.63 bits per heavy atom. The van der Waals surface area contributed by atoms with Crippen LogP contribution in [0.3, 0.4) is 0 Å². The number of hydrogen-bond donors (Lipinski definition) is 4. The highest BCUT2D eigenvalue weighted by Gasteiger charge is 2.12. The normalized spacial score (nSPS) is 11.0. The molecule has 0 aliphatic heterocycles. The number of nitrogens with one attached hydrogen (secondary N) is 4. The molecule has 30 heavy (non-hydrogen) atoms. The van der Waals surface area contributed by atoms with Gasteiger partial charge in [-0.15, -0.1) is 0 Å². The van der Waals surface area contributed by atoms with Gasteiger partial charge < -0.3 is 29.3 Å². The fourth-order valence-corrected chi connectivity index (χ4v) is 3.75. The average Bonchev–Trinajstić information content (AvgIpc) is 3.19. The van der Waals surface area contributed by atoms with Gasteiger partial charge in [0.05, 0.1) is 25.3 Å². The summed E-state index contributed by atoms with van der Waals surface area (Å²) in [5.41, 5.74) is 2.41. The fraction of sp³-hybridized carbons (Fsp3) is 0.190. The molecule has 0 saturated heterocycles. The monoisotopic (exact) mass is 423 g/mol. The van der Waals surface area contributed by atoms with Gasteiger partial charge in [-0.2, -0.15) is 0 Å². The fourth-order valence-electron chi connectivity index (χ4n) is 3.46. The zero-order valence-electron chi connectivity index (χ0n) is 16.5. The molecular formula is C21H21N5O3S. The van der Waals surface area contributed by atoms with Gasteiger partial charge in [-0.25, -0.2) is 0 Å². The Bertz CT molecular complexity index is 1370. The highest BCUT2D eigenvalue weighted by molar-refractivity contribution is 7.71. The van der Waals surface area contributed by atoms with Crippen molar-refractivity contribution in [2.24, 2.45) is 0 Å². The number of benzene rings is 2. The SMILES string of the molecule is COc1cc2[nH]c(=S)n(CCNC(=O)c3c[nH]c4ccccc34)c(=N)c2cc1OC. The van der Waals surface area contributed by atoms with Gasteiger partial charge in [0.15, 0.2) is 16.3 Å². The first-order valence-corrected chi connectivity index (χ1v) is 9.72. The van der Waals surface area contributed by atoms with Gasteiger partial charge in [0.2, 0.25) is 0 Å². The number of carbonyl (C=O) groups excluding carboxylic acids is 1. The van der Waals surface area contributed by atoms with Crippen LogP contribution in [0.2, 0.25) is 0 Å². The Labute approximate surface area is 177 Å². The first-order valence-electron chi connectivity index (χ1n) is 9.31. The van der Waals surface area contributed by atoms with Crippen LogP contribution in [0.15, 0.2) is 42.6 Å². The summed E-state index contributed by atoms with van der Waals surface area (Å²) in [5, 5.41) is 13.0. The second-order valence-electron chi connectivity index (χ2n) is 6.69. The Balaban J connectivity index is 1.57. The van der Waals surface area contributed by atoms with Gasteiger partial charge in [-0.3, -0.25) is 10.2 Å². The molecule has 9 heteroatoms. The van der Waals surface area contributed by atoms with Crippen molar-refractivity contribution in [3.8, 4) is 11.5 Å². The highest BCUT2D eigenvalue weighted by atomic mass is 32.1. The summed E-state index contributed by atoms with van der Waals surface area (Å²) >= 11 is 5.43. The van der Waals surface area contributed by atoms with Crippen LogP contribution < -0.4 is 20.3 Å². The third-order valence-electron chi connectivity index (χ3n) is 4.99. The van der Waals surface area contributed by atoms with E-state index in [1.165, 1.54) is 0 Å². The number of ether oxygens (including phenoxy) is 2. The molecule has 0 radical (unpaired) electrons. The maximum absolute atomic E-state index is 12.6. The number of H-pyrrole nitrogens is 2. The van der Waals surface area contributed by atoms with E-state index in [4.69, 9.17) is 27.1 Å². The van der Waals surface area contributed by atoms with Crippen molar-refractivity contribution in [2.75, 3.05) is 20.8 Å². The summed E-state index contributed by atoms with van der Waals surface area (Å²) in [5.74, 6) is 0.906. The van der Waals surface area contributed by atoms with E-state index in [-0.39, 0.29) is 11.4 Å². The Morgan fingerprint density at radius 2 is 1.87 bits per heavy atom. The van der Waals surface area contributed by atoms with Crippen molar-refractivity contribution in [3.05, 3.63) is 58.4 Å². The summed E-state index contributed by atoms with van der Waals surface area (Å²) in [6, 6.07) is 11.1. The smallest absolute Gasteiger partial charge is 0.253 e. The van der Waals surface area contributed by atoms with Crippen molar-refractivity contribution >= 4 is 39.9 Å². The second kappa shape index (κ2) is 8.03. The zero-order chi connectivity index (χ0) is 21.3. The van der Waals surface area contributed by atoms with Crippen molar-refractivity contribution < 1.29 is 14.3 Å². The van der Waals surface area contributed by atoms with Gasteiger partial charge in [0.25, 0.3) is 5.91 Å². The number of rotatable bonds is 6. The Morgan fingerprint density at radius 1 is 1.13 bits per heavy atom. The number of aromatic nitrogens is 3. The molecule has 8 nitrogen and oxygen atoms in total. The van der Waals surface area contributed by atoms with Crippen LogP contribution >= 0.6 is 12.2 Å². The van der Waals surface area contributed by atoms with Crippen LogP contribution in [0, 0.1) is 10.2 Å². The number of amides is 1. The van der Waals surface area contributed by atoms with Gasteiger partial charge in [-0.05, 0) is 24.4 Å². The number of carbonyl (C=O) groups is 1. The molecule has 0 aliphatic rings. The van der Waals surface area contributed by atoms with Crippen molar-refractivity contribution in [1.29, 1.82) is 5.41 Å². The lowest BCUT2D eigenvalue weighted by Crippen LogP contribution is -2.31. The summed E-state index contributed by atoms with van der Waals surface area (Å²) in [6.45, 7) is 0.678. The molecule has 0 unspecified atom stereocenters. The van der Waals surface area contributed by atoms with Gasteiger partial charge in [0, 0.05) is 41.6 Å². The van der Waals surface area contributed by atoms with E-state index in [2.05, 4.69) is 15.3 Å². The molecular weight excluding hydrogens is 402 g/mol. The minimum atomic E-state index is -0.179. The predicted octanol–water partition coefficient (Wildman–Crippen LogP) is 3.11. The summed E-state index contributed by atoms with van der Waals surface area (Å²) < 4.78 is 12.7. The van der Waals surface area contributed by atoms with Crippen molar-refractivity contribution in [3.63, 3.8) is 0 Å². The van der Waals surface area contributed by atoms with Crippen LogP contribution in [0.25, 0.3) is 21.8 Å². The molecule has 4 N–H and O–H groups in total. The summed E-state index contributed by atoms with van der Waals surface area (Å²) in [7, 11) is 3.10. The third-order valence-corrected chi connectivity index (χ3v) is 5.31. The van der Waals surface area contributed by atoms with E-state index >= 15 is 0 Å². The van der Waals surface area contributed by atoms with Crippen LogP contribution in [0.5, 0.6) is 11.5 Å². The topological polar surface area (TPSA) is 108 Å². The average molecular weight is 423 g/mol. The molecule has 0 fully saturated rings. The number of para-hydroxylation sites is 1. The minimum absolute atomic E-state index is 0.179. The molecule has 2 heterocycles. The van der Waals surface area contributed by atoms with Crippen LogP contribution in [0.4, 0.5) is 0 Å². The lowest BCUT2D eigenvalue weighted by Gasteiger charge is -2.13. The molecule has 0 saturated carbocycles. The Kier molecular flexibility index (Phi) is 5.28. The second-order valence-corrected chi connectivity index (χ2v) is 7.07. The van der Waals surface area contributed by atoms with Crippen molar-refractivity contribution in [1.82, 2.24) is 19.9 Å². The first kappa shape index (κ1) is 19.7. The molecule has 4 rings (SSSR count). The summed E-state index contributed by atoms with van der Waals surface area (Å²) in [6.07, 6.45) is 1.70. The molecule has 2 aromatic carbocycles. The Hall–Kier alpha value is -3.59. The van der Waals surface area contributed by atoms with E-state index in [0.717, 1.165) is 10.9 Å². The van der Waals surface area contributed by atoms with E-state index in [1.807, 2.05) is 24.3 Å². The van der Waals surface area contributed by atoms with Gasteiger partial charge in [-0.1, -0.05) is 18.2 Å². The molecule has 0 spiro atoms. The minimum Gasteiger partial charge on any atom is -0.493 e. The lowest BCUT2D eigenvalue weighted by atomic mass is 10.1. The van der Waals surface area contributed by atoms with Crippen LogP contribution in [0.1, 0.15) is 10.4 Å². The zero-order valence-corrected chi connectivity index (χ0v) is 17.4. The quantitative estimate of drug-likeness (QED) is 0.357. The van der Waals surface area contributed by atoms with Crippen molar-refractivity contribution in [2.45, 2.75) is 6.54 Å². The largest absolute Gasteiger partial charge is 0.493 e. The number of methoxy groups -OCH3 is 2. The molecule has 0 atom stereocenters. The lowest BCUT2D eigenvalue weighted by molar-refractivity contribution is 0.0953.